The monoisotopic (exact) mass is 426 g/mol. The summed E-state index contributed by atoms with van der Waals surface area (Å²) < 4.78 is 26.6. The molecule has 2 heterocycles. The van der Waals surface area contributed by atoms with Crippen LogP contribution in [0, 0.1) is 0 Å². The second-order valence-electron chi connectivity index (χ2n) is 6.38. The standard InChI is InChI=1S/C17H19ClN4O5S/c1-21-16(25)14(23)13(15(24)19-10-11-4-6-12(18)7-5-11)20-17(21)22-8-2-3-9-28(22,26)27/h4-7,23H,2-3,8-10H2,1H3,(H,19,24). The molecule has 0 radical (unpaired) electrons. The molecule has 0 saturated carbocycles. The predicted molar refractivity (Wildman–Crippen MR) is 104 cm³/mol. The molecule has 11 heteroatoms. The van der Waals surface area contributed by atoms with Crippen molar-refractivity contribution in [2.45, 2.75) is 19.4 Å². The van der Waals surface area contributed by atoms with E-state index in [0.717, 1.165) is 14.4 Å². The summed E-state index contributed by atoms with van der Waals surface area (Å²) in [6.45, 7) is 0.267. The van der Waals surface area contributed by atoms with Crippen molar-refractivity contribution in [3.8, 4) is 5.75 Å². The molecule has 1 fully saturated rings. The minimum Gasteiger partial charge on any atom is -0.501 e. The molecule has 1 aliphatic heterocycles. The third kappa shape index (κ3) is 3.97. The summed E-state index contributed by atoms with van der Waals surface area (Å²) in [7, 11) is -2.35. The molecule has 0 aliphatic carbocycles. The average molecular weight is 427 g/mol. The molecule has 1 amide bonds. The highest BCUT2D eigenvalue weighted by atomic mass is 35.5. The molecular formula is C17H19ClN4O5S. The van der Waals surface area contributed by atoms with Crippen LogP contribution in [0.4, 0.5) is 5.95 Å². The fraction of sp³-hybridized carbons (Fsp3) is 0.353. The maximum Gasteiger partial charge on any atom is 0.297 e. The van der Waals surface area contributed by atoms with Crippen molar-refractivity contribution in [3.05, 3.63) is 50.9 Å². The molecule has 1 saturated heterocycles. The van der Waals surface area contributed by atoms with Gasteiger partial charge in [-0.25, -0.2) is 17.7 Å². The highest BCUT2D eigenvalue weighted by Gasteiger charge is 2.31. The molecule has 28 heavy (non-hydrogen) atoms. The first kappa shape index (κ1) is 20.2. The normalized spacial score (nSPS) is 16.0. The number of carbonyl (C=O) groups is 1. The zero-order valence-corrected chi connectivity index (χ0v) is 16.6. The van der Waals surface area contributed by atoms with Gasteiger partial charge in [0.05, 0.1) is 5.75 Å². The fourth-order valence-electron chi connectivity index (χ4n) is 2.84. The maximum absolute atomic E-state index is 12.5. The van der Waals surface area contributed by atoms with Gasteiger partial charge < -0.3 is 10.4 Å². The van der Waals surface area contributed by atoms with Crippen molar-refractivity contribution < 1.29 is 18.3 Å². The Labute approximate surface area is 166 Å². The van der Waals surface area contributed by atoms with Gasteiger partial charge in [0.15, 0.2) is 5.69 Å². The number of aromatic hydroxyl groups is 1. The van der Waals surface area contributed by atoms with Gasteiger partial charge in [0.2, 0.25) is 21.7 Å². The maximum atomic E-state index is 12.5. The minimum absolute atomic E-state index is 0.0676. The van der Waals surface area contributed by atoms with Gasteiger partial charge in [0.25, 0.3) is 11.5 Å². The van der Waals surface area contributed by atoms with Crippen LogP contribution in [0.15, 0.2) is 29.1 Å². The zero-order chi connectivity index (χ0) is 20.5. The van der Waals surface area contributed by atoms with Crippen molar-refractivity contribution in [1.82, 2.24) is 14.9 Å². The Kier molecular flexibility index (Phi) is 5.61. The topological polar surface area (TPSA) is 122 Å². The number of carbonyl (C=O) groups excluding carboxylic acids is 1. The van der Waals surface area contributed by atoms with E-state index in [4.69, 9.17) is 11.6 Å². The summed E-state index contributed by atoms with van der Waals surface area (Å²) in [5.74, 6) is -1.89. The van der Waals surface area contributed by atoms with Crippen LogP contribution in [0.2, 0.25) is 5.02 Å². The molecule has 150 valence electrons. The molecule has 2 aromatic rings. The van der Waals surface area contributed by atoms with Crippen molar-refractivity contribution in [2.75, 3.05) is 16.6 Å². The number of amides is 1. The number of hydrogen-bond donors (Lipinski definition) is 2. The first-order chi connectivity index (χ1) is 13.2. The lowest BCUT2D eigenvalue weighted by atomic mass is 10.2. The van der Waals surface area contributed by atoms with Crippen molar-refractivity contribution in [1.29, 1.82) is 0 Å². The molecule has 1 aromatic heterocycles. The van der Waals surface area contributed by atoms with Crippen LogP contribution < -0.4 is 15.2 Å². The second kappa shape index (κ2) is 7.80. The minimum atomic E-state index is -3.65. The first-order valence-electron chi connectivity index (χ1n) is 8.54. The van der Waals surface area contributed by atoms with Crippen LogP contribution in [0.3, 0.4) is 0 Å². The quantitative estimate of drug-likeness (QED) is 0.752. The largest absolute Gasteiger partial charge is 0.501 e. The van der Waals surface area contributed by atoms with Crippen LogP contribution in [0.25, 0.3) is 0 Å². The van der Waals surface area contributed by atoms with Crippen LogP contribution in [0.5, 0.6) is 5.75 Å². The molecule has 1 aliphatic rings. The van der Waals surface area contributed by atoms with Crippen molar-refractivity contribution >= 4 is 33.5 Å². The summed E-state index contributed by atoms with van der Waals surface area (Å²) in [6, 6.07) is 6.75. The third-order valence-corrected chi connectivity index (χ3v) is 6.47. The Morgan fingerprint density at radius 1 is 1.29 bits per heavy atom. The average Bonchev–Trinajstić information content (AvgIpc) is 2.66. The second-order valence-corrected chi connectivity index (χ2v) is 8.83. The summed E-state index contributed by atoms with van der Waals surface area (Å²) >= 11 is 5.82. The SMILES string of the molecule is Cn1c(N2CCCCS2(=O)=O)nc(C(=O)NCc2ccc(Cl)cc2)c(O)c1=O. The van der Waals surface area contributed by atoms with Crippen LogP contribution in [-0.4, -0.2) is 41.3 Å². The lowest BCUT2D eigenvalue weighted by Gasteiger charge is -2.28. The smallest absolute Gasteiger partial charge is 0.297 e. The number of rotatable bonds is 4. The molecule has 2 N–H and O–H groups in total. The van der Waals surface area contributed by atoms with Gasteiger partial charge in [-0.2, -0.15) is 0 Å². The van der Waals surface area contributed by atoms with Gasteiger partial charge in [0, 0.05) is 25.2 Å². The van der Waals surface area contributed by atoms with E-state index in [1.807, 2.05) is 0 Å². The number of hydrogen-bond acceptors (Lipinski definition) is 6. The summed E-state index contributed by atoms with van der Waals surface area (Å²) in [5, 5.41) is 13.2. The van der Waals surface area contributed by atoms with Gasteiger partial charge in [-0.1, -0.05) is 23.7 Å². The summed E-state index contributed by atoms with van der Waals surface area (Å²) in [6.07, 6.45) is 1.12. The van der Waals surface area contributed by atoms with E-state index in [0.29, 0.717) is 17.9 Å². The number of anilines is 1. The van der Waals surface area contributed by atoms with Crippen LogP contribution in [-0.2, 0) is 23.6 Å². The first-order valence-corrected chi connectivity index (χ1v) is 10.5. The van der Waals surface area contributed by atoms with E-state index < -0.39 is 32.9 Å². The predicted octanol–water partition coefficient (Wildman–Crippen LogP) is 0.999. The Hall–Kier alpha value is -2.59. The van der Waals surface area contributed by atoms with Gasteiger partial charge in [-0.3, -0.25) is 14.2 Å². The van der Waals surface area contributed by atoms with E-state index in [-0.39, 0.29) is 24.8 Å². The van der Waals surface area contributed by atoms with Gasteiger partial charge in [0.1, 0.15) is 0 Å². The Morgan fingerprint density at radius 3 is 2.61 bits per heavy atom. The summed E-state index contributed by atoms with van der Waals surface area (Å²) in [4.78, 5) is 28.8. The van der Waals surface area contributed by atoms with Gasteiger partial charge in [-0.15, -0.1) is 0 Å². The number of halogens is 1. The Morgan fingerprint density at radius 2 is 1.96 bits per heavy atom. The number of aromatic nitrogens is 2. The number of sulfonamides is 1. The van der Waals surface area contributed by atoms with Crippen molar-refractivity contribution in [2.24, 2.45) is 7.05 Å². The molecule has 1 aromatic carbocycles. The highest BCUT2D eigenvalue weighted by molar-refractivity contribution is 7.92. The molecule has 9 nitrogen and oxygen atoms in total. The lowest BCUT2D eigenvalue weighted by Crippen LogP contribution is -2.42. The van der Waals surface area contributed by atoms with E-state index >= 15 is 0 Å². The van der Waals surface area contributed by atoms with Crippen LogP contribution in [0.1, 0.15) is 28.9 Å². The van der Waals surface area contributed by atoms with Crippen LogP contribution >= 0.6 is 11.6 Å². The Bertz CT molecular complexity index is 1070. The van der Waals surface area contributed by atoms with E-state index in [9.17, 15) is 23.1 Å². The number of nitrogens with one attached hydrogen (secondary N) is 1. The van der Waals surface area contributed by atoms with Gasteiger partial charge in [-0.05, 0) is 30.5 Å². The Balaban J connectivity index is 1.92. The highest BCUT2D eigenvalue weighted by Crippen LogP contribution is 2.22. The van der Waals surface area contributed by atoms with Crippen molar-refractivity contribution in [3.63, 3.8) is 0 Å². The molecular weight excluding hydrogens is 408 g/mol. The summed E-state index contributed by atoms with van der Waals surface area (Å²) in [5.41, 5.74) is -0.671. The third-order valence-electron chi connectivity index (χ3n) is 4.40. The van der Waals surface area contributed by atoms with E-state index in [2.05, 4.69) is 10.3 Å². The molecule has 3 rings (SSSR count). The molecule has 0 spiro atoms. The van der Waals surface area contributed by atoms with E-state index in [1.54, 1.807) is 24.3 Å². The van der Waals surface area contributed by atoms with Gasteiger partial charge >= 0.3 is 0 Å². The zero-order valence-electron chi connectivity index (χ0n) is 15.1. The lowest BCUT2D eigenvalue weighted by molar-refractivity contribution is 0.0942. The number of benzene rings is 1. The molecule has 0 bridgehead atoms. The molecule has 0 atom stereocenters. The van der Waals surface area contributed by atoms with E-state index in [1.165, 1.54) is 7.05 Å². The molecule has 0 unspecified atom stereocenters. The fourth-order valence-corrected chi connectivity index (χ4v) is 4.58. The number of nitrogens with zero attached hydrogens (tertiary/aromatic N) is 3.